The van der Waals surface area contributed by atoms with Gasteiger partial charge in [-0.25, -0.2) is 0 Å². The van der Waals surface area contributed by atoms with Crippen LogP contribution in [-0.2, 0) is 6.54 Å². The van der Waals surface area contributed by atoms with Crippen molar-refractivity contribution in [2.75, 3.05) is 25.5 Å². The van der Waals surface area contributed by atoms with Crippen LogP contribution in [0.3, 0.4) is 0 Å². The first-order valence-corrected chi connectivity index (χ1v) is 6.69. The van der Waals surface area contributed by atoms with Crippen LogP contribution in [0, 0.1) is 0 Å². The average molecular weight is 258 g/mol. The van der Waals surface area contributed by atoms with Crippen LogP contribution in [0.25, 0.3) is 0 Å². The minimum absolute atomic E-state index is 0.128. The Hall–Kier alpha value is -0.720. The largest absolute Gasteiger partial charge is 0.394 e. The van der Waals surface area contributed by atoms with Crippen LogP contribution in [0.4, 0.5) is 5.13 Å². The van der Waals surface area contributed by atoms with E-state index in [4.69, 9.17) is 0 Å². The minimum Gasteiger partial charge on any atom is -0.394 e. The maximum atomic E-state index is 9.28. The van der Waals surface area contributed by atoms with Gasteiger partial charge in [-0.1, -0.05) is 18.3 Å². The van der Waals surface area contributed by atoms with Gasteiger partial charge in [-0.15, -0.1) is 10.2 Å². The van der Waals surface area contributed by atoms with Gasteiger partial charge in [-0.3, -0.25) is 4.90 Å². The van der Waals surface area contributed by atoms with Crippen molar-refractivity contribution >= 4 is 16.5 Å². The molecule has 1 aromatic heterocycles. The third-order valence-electron chi connectivity index (χ3n) is 2.79. The molecule has 1 aromatic rings. The lowest BCUT2D eigenvalue weighted by molar-refractivity contribution is 0.0732. The highest BCUT2D eigenvalue weighted by molar-refractivity contribution is 7.15. The first-order valence-electron chi connectivity index (χ1n) is 5.88. The number of hydrogen-bond acceptors (Lipinski definition) is 6. The predicted octanol–water partition coefficient (Wildman–Crippen LogP) is 1.56. The topological polar surface area (TPSA) is 61.3 Å². The minimum atomic E-state index is -0.233. The molecule has 0 amide bonds. The van der Waals surface area contributed by atoms with Crippen molar-refractivity contribution < 1.29 is 5.11 Å². The summed E-state index contributed by atoms with van der Waals surface area (Å²) in [6.45, 7) is 7.88. The second-order valence-corrected chi connectivity index (χ2v) is 5.82. The van der Waals surface area contributed by atoms with Crippen molar-refractivity contribution in [2.24, 2.45) is 0 Å². The van der Waals surface area contributed by atoms with E-state index < -0.39 is 0 Å². The van der Waals surface area contributed by atoms with Crippen molar-refractivity contribution in [3.8, 4) is 0 Å². The third kappa shape index (κ3) is 4.22. The first-order chi connectivity index (χ1) is 7.99. The molecular weight excluding hydrogens is 236 g/mol. The molecule has 0 aliphatic heterocycles. The Kier molecular flexibility index (Phi) is 5.30. The summed E-state index contributed by atoms with van der Waals surface area (Å²) in [4.78, 5) is 2.08. The normalized spacial score (nSPS) is 12.1. The monoisotopic (exact) mass is 258 g/mol. The van der Waals surface area contributed by atoms with E-state index in [9.17, 15) is 5.11 Å². The van der Waals surface area contributed by atoms with Gasteiger partial charge in [-0.2, -0.15) is 0 Å². The molecule has 0 spiro atoms. The van der Waals surface area contributed by atoms with E-state index in [1.807, 2.05) is 20.9 Å². The lowest BCUT2D eigenvalue weighted by Gasteiger charge is -2.32. The Labute approximate surface area is 107 Å². The molecule has 0 fully saturated rings. The molecule has 6 heteroatoms. The van der Waals surface area contributed by atoms with Crippen molar-refractivity contribution in [1.29, 1.82) is 0 Å². The Morgan fingerprint density at radius 2 is 2.12 bits per heavy atom. The molecular formula is C11H22N4OS. The summed E-state index contributed by atoms with van der Waals surface area (Å²) in [5.41, 5.74) is -0.233. The zero-order chi connectivity index (χ0) is 12.9. The second-order valence-electron chi connectivity index (χ2n) is 4.75. The van der Waals surface area contributed by atoms with Crippen LogP contribution >= 0.6 is 11.3 Å². The average Bonchev–Trinajstić information content (AvgIpc) is 2.74. The first kappa shape index (κ1) is 14.3. The van der Waals surface area contributed by atoms with Crippen LogP contribution in [0.15, 0.2) is 0 Å². The molecule has 0 bridgehead atoms. The van der Waals surface area contributed by atoms with Crippen LogP contribution in [-0.4, -0.2) is 45.9 Å². The molecule has 0 saturated carbocycles. The number of aromatic nitrogens is 2. The van der Waals surface area contributed by atoms with E-state index in [1.54, 1.807) is 11.3 Å². The van der Waals surface area contributed by atoms with E-state index in [0.717, 1.165) is 23.1 Å². The zero-order valence-electron chi connectivity index (χ0n) is 11.0. The van der Waals surface area contributed by atoms with Crippen LogP contribution < -0.4 is 5.32 Å². The Bertz CT molecular complexity index is 340. The van der Waals surface area contributed by atoms with Gasteiger partial charge in [0.15, 0.2) is 0 Å². The summed E-state index contributed by atoms with van der Waals surface area (Å²) < 4.78 is 0. The summed E-state index contributed by atoms with van der Waals surface area (Å²) in [5.74, 6) is 0. The fourth-order valence-corrected chi connectivity index (χ4v) is 1.98. The maximum Gasteiger partial charge on any atom is 0.205 e. The number of nitrogens with one attached hydrogen (secondary N) is 1. The van der Waals surface area contributed by atoms with Gasteiger partial charge in [-0.05, 0) is 27.3 Å². The summed E-state index contributed by atoms with van der Waals surface area (Å²) in [6, 6.07) is 0. The smallest absolute Gasteiger partial charge is 0.205 e. The fourth-order valence-electron chi connectivity index (χ4n) is 1.16. The van der Waals surface area contributed by atoms with Crippen molar-refractivity contribution in [2.45, 2.75) is 39.3 Å². The highest BCUT2D eigenvalue weighted by Gasteiger charge is 2.23. The third-order valence-corrected chi connectivity index (χ3v) is 3.65. The molecule has 98 valence electrons. The lowest BCUT2D eigenvalue weighted by atomic mass is 10.1. The molecule has 1 heterocycles. The van der Waals surface area contributed by atoms with Crippen molar-refractivity contribution in [1.82, 2.24) is 15.1 Å². The van der Waals surface area contributed by atoms with E-state index in [0.29, 0.717) is 6.54 Å². The van der Waals surface area contributed by atoms with E-state index in [-0.39, 0.29) is 12.1 Å². The van der Waals surface area contributed by atoms with Crippen LogP contribution in [0.5, 0.6) is 0 Å². The molecule has 0 aliphatic carbocycles. The fraction of sp³-hybridized carbons (Fsp3) is 0.818. The molecule has 0 saturated heterocycles. The quantitative estimate of drug-likeness (QED) is 0.777. The van der Waals surface area contributed by atoms with Gasteiger partial charge < -0.3 is 10.4 Å². The van der Waals surface area contributed by atoms with Crippen LogP contribution in [0.2, 0.25) is 0 Å². The molecule has 17 heavy (non-hydrogen) atoms. The van der Waals surface area contributed by atoms with Crippen LogP contribution in [0.1, 0.15) is 32.2 Å². The molecule has 0 aromatic carbocycles. The Morgan fingerprint density at radius 3 is 2.71 bits per heavy atom. The van der Waals surface area contributed by atoms with Crippen molar-refractivity contribution in [3.05, 3.63) is 5.01 Å². The molecule has 0 radical (unpaired) electrons. The van der Waals surface area contributed by atoms with E-state index in [2.05, 4.69) is 27.3 Å². The maximum absolute atomic E-state index is 9.28. The summed E-state index contributed by atoms with van der Waals surface area (Å²) in [5, 5.41) is 22.6. The highest BCUT2D eigenvalue weighted by atomic mass is 32.1. The molecule has 0 atom stereocenters. The van der Waals surface area contributed by atoms with Gasteiger partial charge in [0.25, 0.3) is 0 Å². The van der Waals surface area contributed by atoms with E-state index in [1.165, 1.54) is 0 Å². The standard InChI is InChI=1S/C11H22N4OS/c1-5-6-12-10-14-13-9(17-10)7-15(4)11(2,3)8-16/h16H,5-8H2,1-4H3,(H,12,14). The summed E-state index contributed by atoms with van der Waals surface area (Å²) >= 11 is 1.57. The lowest BCUT2D eigenvalue weighted by Crippen LogP contribution is -2.43. The number of aliphatic hydroxyl groups excluding tert-OH is 1. The number of likely N-dealkylation sites (N-methyl/N-ethyl adjacent to an activating group) is 1. The number of anilines is 1. The SMILES string of the molecule is CCCNc1nnc(CN(C)C(C)(C)CO)s1. The zero-order valence-corrected chi connectivity index (χ0v) is 11.8. The second kappa shape index (κ2) is 6.28. The molecule has 0 unspecified atom stereocenters. The summed E-state index contributed by atoms with van der Waals surface area (Å²) in [6.07, 6.45) is 1.08. The number of hydrogen-bond donors (Lipinski definition) is 2. The Balaban J connectivity index is 2.54. The Morgan fingerprint density at radius 1 is 1.41 bits per heavy atom. The van der Waals surface area contributed by atoms with Gasteiger partial charge in [0.2, 0.25) is 5.13 Å². The van der Waals surface area contributed by atoms with E-state index >= 15 is 0 Å². The van der Waals surface area contributed by atoms with Crippen molar-refractivity contribution in [3.63, 3.8) is 0 Å². The highest BCUT2D eigenvalue weighted by Crippen LogP contribution is 2.20. The molecule has 5 nitrogen and oxygen atoms in total. The van der Waals surface area contributed by atoms with Gasteiger partial charge in [0, 0.05) is 12.1 Å². The molecule has 0 aliphatic rings. The van der Waals surface area contributed by atoms with Gasteiger partial charge >= 0.3 is 0 Å². The summed E-state index contributed by atoms with van der Waals surface area (Å²) in [7, 11) is 1.98. The number of nitrogens with zero attached hydrogens (tertiary/aromatic N) is 3. The number of aliphatic hydroxyl groups is 1. The predicted molar refractivity (Wildman–Crippen MR) is 71.3 cm³/mol. The number of rotatable bonds is 7. The van der Waals surface area contributed by atoms with Gasteiger partial charge in [0.05, 0.1) is 13.2 Å². The molecule has 2 N–H and O–H groups in total. The van der Waals surface area contributed by atoms with Gasteiger partial charge in [0.1, 0.15) is 5.01 Å². The molecule has 1 rings (SSSR count).